The Balaban J connectivity index is 2.47. The van der Waals surface area contributed by atoms with Gasteiger partial charge < -0.3 is 0 Å². The van der Waals surface area contributed by atoms with Crippen LogP contribution in [-0.2, 0) is 10.8 Å². The van der Waals surface area contributed by atoms with Gasteiger partial charge in [0.25, 0.3) is 0 Å². The Bertz CT molecular complexity index is 711. The van der Waals surface area contributed by atoms with E-state index in [4.69, 9.17) is 11.6 Å². The lowest BCUT2D eigenvalue weighted by molar-refractivity contribution is -0.105. The summed E-state index contributed by atoms with van der Waals surface area (Å²) in [7, 11) is -2.28. The van der Waals surface area contributed by atoms with E-state index in [1.54, 1.807) is 24.3 Å². The van der Waals surface area contributed by atoms with E-state index in [9.17, 15) is 21.8 Å². The molecule has 0 spiro atoms. The summed E-state index contributed by atoms with van der Waals surface area (Å²) in [6.07, 6.45) is -4.55. The summed E-state index contributed by atoms with van der Waals surface area (Å²) < 4.78 is 63.1. The van der Waals surface area contributed by atoms with Gasteiger partial charge in [-0.05, 0) is 42.3 Å². The molecule has 0 fully saturated rings. The van der Waals surface area contributed by atoms with Gasteiger partial charge in [0.15, 0.2) is 0 Å². The van der Waals surface area contributed by atoms with Crippen molar-refractivity contribution in [2.24, 2.45) is 0 Å². The van der Waals surface area contributed by atoms with Crippen LogP contribution in [-0.4, -0.2) is 16.1 Å². The molecule has 2 rings (SSSR count). The van der Waals surface area contributed by atoms with Gasteiger partial charge in [-0.2, -0.15) is 13.2 Å². The van der Waals surface area contributed by atoms with Gasteiger partial charge in [0, 0.05) is 15.5 Å². The molecule has 2 aromatic carbocycles. The molecule has 0 amide bonds. The van der Waals surface area contributed by atoms with Gasteiger partial charge in [0.1, 0.15) is 11.6 Å². The molecule has 1 unspecified atom stereocenters. The molecule has 0 aliphatic heterocycles. The predicted octanol–water partition coefficient (Wildman–Crippen LogP) is 5.12. The van der Waals surface area contributed by atoms with E-state index in [-0.39, 0.29) is 16.0 Å². The molecule has 0 saturated heterocycles. The lowest BCUT2D eigenvalue weighted by Gasteiger charge is -2.12. The predicted molar refractivity (Wildman–Crippen MR) is 78.9 cm³/mol. The summed E-state index contributed by atoms with van der Waals surface area (Å²) in [5, 5.41) is 0.456. The maximum Gasteiger partial charge on any atom is 0.400 e. The van der Waals surface area contributed by atoms with E-state index in [0.717, 1.165) is 6.07 Å². The van der Waals surface area contributed by atoms with Gasteiger partial charge in [-0.25, -0.2) is 4.39 Å². The van der Waals surface area contributed by atoms with Crippen molar-refractivity contribution in [2.45, 2.75) is 18.0 Å². The fraction of sp³-hybridized carbons (Fsp3) is 0.200. The lowest BCUT2D eigenvalue weighted by atomic mass is 10.0. The van der Waals surface area contributed by atoms with Crippen molar-refractivity contribution in [3.8, 4) is 11.1 Å². The van der Waals surface area contributed by atoms with Crippen molar-refractivity contribution in [2.75, 3.05) is 5.75 Å². The fourth-order valence-corrected chi connectivity index (χ4v) is 3.22. The first-order valence-corrected chi connectivity index (χ1v) is 7.88. The van der Waals surface area contributed by atoms with Crippen molar-refractivity contribution >= 4 is 22.4 Å². The van der Waals surface area contributed by atoms with Crippen LogP contribution < -0.4 is 0 Å². The molecule has 7 heteroatoms. The lowest BCUT2D eigenvalue weighted by Crippen LogP contribution is -2.19. The first-order chi connectivity index (χ1) is 10.2. The van der Waals surface area contributed by atoms with Crippen LogP contribution in [0.15, 0.2) is 41.3 Å². The molecule has 0 N–H and O–H groups in total. The molecule has 0 aliphatic carbocycles. The van der Waals surface area contributed by atoms with E-state index in [1.807, 2.05) is 0 Å². The second-order valence-electron chi connectivity index (χ2n) is 4.71. The number of halogens is 5. The van der Waals surface area contributed by atoms with Crippen molar-refractivity contribution in [3.63, 3.8) is 0 Å². The minimum atomic E-state index is -4.55. The Hall–Kier alpha value is -1.40. The summed E-state index contributed by atoms with van der Waals surface area (Å²) >= 11 is 5.75. The van der Waals surface area contributed by atoms with Crippen LogP contribution in [0.1, 0.15) is 5.56 Å². The van der Waals surface area contributed by atoms with Gasteiger partial charge in [0.05, 0.1) is 10.8 Å². The van der Waals surface area contributed by atoms with Crippen LogP contribution in [0.3, 0.4) is 0 Å². The van der Waals surface area contributed by atoms with Crippen LogP contribution in [0.4, 0.5) is 17.6 Å². The first kappa shape index (κ1) is 17.0. The third-order valence-electron chi connectivity index (χ3n) is 2.96. The maximum absolute atomic E-state index is 14.1. The molecule has 1 atom stereocenters. The highest BCUT2D eigenvalue weighted by atomic mass is 35.5. The minimum absolute atomic E-state index is 0.0244. The molecule has 0 saturated carbocycles. The third-order valence-corrected chi connectivity index (χ3v) is 4.73. The highest BCUT2D eigenvalue weighted by molar-refractivity contribution is 7.85. The highest BCUT2D eigenvalue weighted by Crippen LogP contribution is 2.30. The number of hydrogen-bond donors (Lipinski definition) is 0. The molecule has 2 aromatic rings. The summed E-state index contributed by atoms with van der Waals surface area (Å²) in [6, 6.07) is 8.48. The number of rotatable bonds is 3. The van der Waals surface area contributed by atoms with Crippen LogP contribution >= 0.6 is 11.6 Å². The number of hydrogen-bond acceptors (Lipinski definition) is 1. The van der Waals surface area contributed by atoms with E-state index >= 15 is 0 Å². The minimum Gasteiger partial charge on any atom is -0.254 e. The molecule has 1 nitrogen and oxygen atoms in total. The van der Waals surface area contributed by atoms with Crippen molar-refractivity contribution < 1.29 is 21.8 Å². The highest BCUT2D eigenvalue weighted by Gasteiger charge is 2.31. The second kappa shape index (κ2) is 6.38. The van der Waals surface area contributed by atoms with Crippen LogP contribution in [0, 0.1) is 12.7 Å². The molecule has 0 heterocycles. The van der Waals surface area contributed by atoms with Crippen LogP contribution in [0.25, 0.3) is 11.1 Å². The quantitative estimate of drug-likeness (QED) is 0.702. The number of benzene rings is 2. The SMILES string of the molecule is Cc1cc(F)c(-c2ccc(Cl)cc2)cc1S(=O)CC(F)(F)F. The largest absolute Gasteiger partial charge is 0.400 e. The fourth-order valence-electron chi connectivity index (χ4n) is 1.98. The van der Waals surface area contributed by atoms with E-state index in [1.165, 1.54) is 13.0 Å². The molecule has 0 bridgehead atoms. The summed E-state index contributed by atoms with van der Waals surface area (Å²) in [5.41, 5.74) is 0.762. The number of aryl methyl sites for hydroxylation is 1. The zero-order valence-corrected chi connectivity index (χ0v) is 12.9. The van der Waals surface area contributed by atoms with E-state index in [0.29, 0.717) is 10.6 Å². The Morgan fingerprint density at radius 3 is 2.27 bits per heavy atom. The molecule has 22 heavy (non-hydrogen) atoms. The number of alkyl halides is 3. The Labute approximate surface area is 132 Å². The van der Waals surface area contributed by atoms with E-state index < -0.39 is 28.5 Å². The smallest absolute Gasteiger partial charge is 0.254 e. The average Bonchev–Trinajstić information content (AvgIpc) is 2.38. The van der Waals surface area contributed by atoms with Crippen LogP contribution in [0.5, 0.6) is 0 Å². The maximum atomic E-state index is 14.1. The zero-order valence-electron chi connectivity index (χ0n) is 11.4. The van der Waals surface area contributed by atoms with E-state index in [2.05, 4.69) is 0 Å². The Morgan fingerprint density at radius 2 is 1.73 bits per heavy atom. The zero-order chi connectivity index (χ0) is 16.5. The summed E-state index contributed by atoms with van der Waals surface area (Å²) in [5.74, 6) is -2.05. The van der Waals surface area contributed by atoms with Crippen molar-refractivity contribution in [1.82, 2.24) is 0 Å². The second-order valence-corrected chi connectivity index (χ2v) is 6.57. The van der Waals surface area contributed by atoms with Gasteiger partial charge in [-0.3, -0.25) is 4.21 Å². The molecular weight excluding hydrogens is 340 g/mol. The monoisotopic (exact) mass is 350 g/mol. The Morgan fingerprint density at radius 1 is 1.14 bits per heavy atom. The van der Waals surface area contributed by atoms with Gasteiger partial charge >= 0.3 is 6.18 Å². The molecule has 118 valence electrons. The van der Waals surface area contributed by atoms with Crippen LogP contribution in [0.2, 0.25) is 5.02 Å². The topological polar surface area (TPSA) is 17.1 Å². The molecule has 0 radical (unpaired) electrons. The molecule has 0 aliphatic rings. The molecular formula is C15H11ClF4OS. The molecule has 0 aromatic heterocycles. The van der Waals surface area contributed by atoms with Crippen molar-refractivity contribution in [1.29, 1.82) is 0 Å². The van der Waals surface area contributed by atoms with Gasteiger partial charge in [-0.1, -0.05) is 23.7 Å². The van der Waals surface area contributed by atoms with Gasteiger partial charge in [-0.15, -0.1) is 0 Å². The first-order valence-electron chi connectivity index (χ1n) is 6.18. The third kappa shape index (κ3) is 4.08. The average molecular weight is 351 g/mol. The summed E-state index contributed by atoms with van der Waals surface area (Å²) in [4.78, 5) is -0.0244. The standard InChI is InChI=1S/C15H11ClF4OS/c1-9-6-13(17)12(10-2-4-11(16)5-3-10)7-14(9)22(21)8-15(18,19)20/h2-7H,8H2,1H3. The Kier molecular flexibility index (Phi) is 4.92. The van der Waals surface area contributed by atoms with Gasteiger partial charge in [0.2, 0.25) is 0 Å². The summed E-state index contributed by atoms with van der Waals surface area (Å²) in [6.45, 7) is 1.43. The van der Waals surface area contributed by atoms with Crippen molar-refractivity contribution in [3.05, 3.63) is 52.8 Å². The normalized spacial score (nSPS) is 13.2.